The van der Waals surface area contributed by atoms with Crippen LogP contribution in [-0.4, -0.2) is 16.3 Å². The molecule has 0 aliphatic heterocycles. The maximum absolute atomic E-state index is 11.7. The van der Waals surface area contributed by atoms with Gasteiger partial charge in [-0.3, -0.25) is 14.2 Å². The van der Waals surface area contributed by atoms with E-state index in [1.54, 1.807) is 6.20 Å². The summed E-state index contributed by atoms with van der Waals surface area (Å²) in [5.74, 6) is -0.0115. The van der Waals surface area contributed by atoms with Crippen molar-refractivity contribution in [2.75, 3.05) is 0 Å². The maximum Gasteiger partial charge on any atom is 0.227 e. The van der Waals surface area contributed by atoms with Gasteiger partial charge < -0.3 is 0 Å². The second kappa shape index (κ2) is 3.93. The lowest BCUT2D eigenvalue weighted by Crippen LogP contribution is -2.03. The highest BCUT2D eigenvalue weighted by atomic mass is 16.2. The number of ketones is 1. The first kappa shape index (κ1) is 10.6. The van der Waals surface area contributed by atoms with Crippen LogP contribution in [0.3, 0.4) is 0 Å². The summed E-state index contributed by atoms with van der Waals surface area (Å²) in [6.07, 6.45) is 2.09. The lowest BCUT2D eigenvalue weighted by Gasteiger charge is -1.96. The number of carbonyl (C=O) groups excluding carboxylic acids is 2. The largest absolute Gasteiger partial charge is 0.294 e. The molecule has 3 nitrogen and oxygen atoms in total. The van der Waals surface area contributed by atoms with Crippen molar-refractivity contribution in [2.45, 2.75) is 20.3 Å². The minimum Gasteiger partial charge on any atom is -0.294 e. The van der Waals surface area contributed by atoms with E-state index in [4.69, 9.17) is 0 Å². The number of fused-ring (bicyclic) bond motifs is 1. The Morgan fingerprint density at radius 1 is 1.25 bits per heavy atom. The molecule has 1 aromatic carbocycles. The van der Waals surface area contributed by atoms with Crippen molar-refractivity contribution in [2.24, 2.45) is 0 Å². The molecule has 16 heavy (non-hydrogen) atoms. The molecule has 3 heteroatoms. The fraction of sp³-hybridized carbons (Fsp3) is 0.231. The Kier molecular flexibility index (Phi) is 2.60. The zero-order valence-electron chi connectivity index (χ0n) is 9.36. The van der Waals surface area contributed by atoms with Crippen LogP contribution in [0.2, 0.25) is 0 Å². The van der Waals surface area contributed by atoms with Gasteiger partial charge in [0.25, 0.3) is 0 Å². The monoisotopic (exact) mass is 215 g/mol. The highest BCUT2D eigenvalue weighted by Crippen LogP contribution is 2.22. The molecule has 0 unspecified atom stereocenters. The number of aromatic nitrogens is 1. The maximum atomic E-state index is 11.7. The molecule has 0 amide bonds. The average molecular weight is 215 g/mol. The molecule has 0 N–H and O–H groups in total. The molecule has 0 radical (unpaired) electrons. The fourth-order valence-electron chi connectivity index (χ4n) is 1.85. The number of benzene rings is 1. The quantitative estimate of drug-likeness (QED) is 0.722. The molecule has 0 bridgehead atoms. The molecule has 82 valence electrons. The van der Waals surface area contributed by atoms with Gasteiger partial charge in [-0.15, -0.1) is 0 Å². The van der Waals surface area contributed by atoms with Gasteiger partial charge in [0, 0.05) is 30.5 Å². The van der Waals surface area contributed by atoms with E-state index in [-0.39, 0.29) is 11.7 Å². The molecule has 1 aromatic heterocycles. The summed E-state index contributed by atoms with van der Waals surface area (Å²) < 4.78 is 1.53. The lowest BCUT2D eigenvalue weighted by atomic mass is 10.1. The summed E-state index contributed by atoms with van der Waals surface area (Å²) in [7, 11) is 0. The minimum absolute atomic E-state index is 0.0659. The summed E-state index contributed by atoms with van der Waals surface area (Å²) >= 11 is 0. The average Bonchev–Trinajstić information content (AvgIpc) is 2.67. The van der Waals surface area contributed by atoms with Gasteiger partial charge in [0.2, 0.25) is 5.91 Å². The Labute approximate surface area is 93.7 Å². The molecule has 1 heterocycles. The zero-order valence-corrected chi connectivity index (χ0v) is 9.36. The SMILES string of the molecule is CCC(=O)c1cn(C(C)=O)c2ccccc12. The summed E-state index contributed by atoms with van der Waals surface area (Å²) in [6, 6.07) is 7.46. The van der Waals surface area contributed by atoms with Gasteiger partial charge in [-0.1, -0.05) is 25.1 Å². The van der Waals surface area contributed by atoms with Crippen molar-refractivity contribution in [1.82, 2.24) is 4.57 Å². The Balaban J connectivity index is 2.76. The predicted molar refractivity (Wildman–Crippen MR) is 62.9 cm³/mol. The van der Waals surface area contributed by atoms with Crippen LogP contribution < -0.4 is 0 Å². The van der Waals surface area contributed by atoms with Gasteiger partial charge in [-0.2, -0.15) is 0 Å². The summed E-state index contributed by atoms with van der Waals surface area (Å²) in [5, 5.41) is 0.851. The van der Waals surface area contributed by atoms with Crippen LogP contribution in [0.5, 0.6) is 0 Å². The van der Waals surface area contributed by atoms with E-state index in [9.17, 15) is 9.59 Å². The molecule has 2 aromatic rings. The summed E-state index contributed by atoms with van der Waals surface area (Å²) in [4.78, 5) is 23.2. The number of hydrogen-bond acceptors (Lipinski definition) is 2. The number of hydrogen-bond donors (Lipinski definition) is 0. The Morgan fingerprint density at radius 2 is 1.94 bits per heavy atom. The number of rotatable bonds is 2. The van der Waals surface area contributed by atoms with Gasteiger partial charge in [0.1, 0.15) is 0 Å². The lowest BCUT2D eigenvalue weighted by molar-refractivity contribution is 0.0941. The van der Waals surface area contributed by atoms with Gasteiger partial charge in [-0.05, 0) is 6.07 Å². The van der Waals surface area contributed by atoms with Crippen molar-refractivity contribution >= 4 is 22.6 Å². The van der Waals surface area contributed by atoms with E-state index in [1.807, 2.05) is 31.2 Å². The van der Waals surface area contributed by atoms with Crippen LogP contribution in [0.25, 0.3) is 10.9 Å². The van der Waals surface area contributed by atoms with E-state index >= 15 is 0 Å². The van der Waals surface area contributed by atoms with E-state index in [0.29, 0.717) is 12.0 Å². The zero-order chi connectivity index (χ0) is 11.7. The van der Waals surface area contributed by atoms with Crippen LogP contribution in [0.1, 0.15) is 35.4 Å². The first-order valence-electron chi connectivity index (χ1n) is 5.29. The second-order valence-electron chi connectivity index (χ2n) is 3.73. The fourth-order valence-corrected chi connectivity index (χ4v) is 1.85. The van der Waals surface area contributed by atoms with E-state index in [2.05, 4.69) is 0 Å². The Morgan fingerprint density at radius 3 is 2.56 bits per heavy atom. The standard InChI is InChI=1S/C13H13NO2/c1-3-13(16)11-8-14(9(2)15)12-7-5-4-6-10(11)12/h4-8H,3H2,1-2H3. The van der Waals surface area contributed by atoms with Crippen LogP contribution >= 0.6 is 0 Å². The summed E-state index contributed by atoms with van der Waals surface area (Å²) in [5.41, 5.74) is 1.43. The smallest absolute Gasteiger partial charge is 0.227 e. The molecule has 0 saturated heterocycles. The third-order valence-electron chi connectivity index (χ3n) is 2.67. The Hall–Kier alpha value is -1.90. The van der Waals surface area contributed by atoms with Crippen molar-refractivity contribution in [3.05, 3.63) is 36.0 Å². The van der Waals surface area contributed by atoms with Crippen molar-refractivity contribution < 1.29 is 9.59 Å². The van der Waals surface area contributed by atoms with Gasteiger partial charge in [0.15, 0.2) is 5.78 Å². The molecule has 0 saturated carbocycles. The van der Waals surface area contributed by atoms with E-state index in [1.165, 1.54) is 11.5 Å². The van der Waals surface area contributed by atoms with Gasteiger partial charge >= 0.3 is 0 Å². The summed E-state index contributed by atoms with van der Waals surface area (Å²) in [6.45, 7) is 3.31. The first-order chi connectivity index (χ1) is 7.65. The highest BCUT2D eigenvalue weighted by Gasteiger charge is 2.14. The molecule has 0 fully saturated rings. The van der Waals surface area contributed by atoms with Gasteiger partial charge in [0.05, 0.1) is 5.52 Å². The molecule has 0 atom stereocenters. The van der Waals surface area contributed by atoms with Crippen molar-refractivity contribution in [3.8, 4) is 0 Å². The topological polar surface area (TPSA) is 39.1 Å². The highest BCUT2D eigenvalue weighted by molar-refractivity contribution is 6.10. The number of para-hydroxylation sites is 1. The second-order valence-corrected chi connectivity index (χ2v) is 3.73. The molecule has 2 rings (SSSR count). The third kappa shape index (κ3) is 1.54. The van der Waals surface area contributed by atoms with Crippen LogP contribution in [0.15, 0.2) is 30.5 Å². The molecular formula is C13H13NO2. The minimum atomic E-state index is -0.0775. The number of Topliss-reactive ketones (excluding diaryl/α,β-unsaturated/α-hetero) is 1. The van der Waals surface area contributed by atoms with Crippen LogP contribution in [-0.2, 0) is 0 Å². The van der Waals surface area contributed by atoms with Crippen molar-refractivity contribution in [1.29, 1.82) is 0 Å². The predicted octanol–water partition coefficient (Wildman–Crippen LogP) is 2.89. The van der Waals surface area contributed by atoms with E-state index in [0.717, 1.165) is 10.9 Å². The first-order valence-corrected chi connectivity index (χ1v) is 5.29. The van der Waals surface area contributed by atoms with Gasteiger partial charge in [-0.25, -0.2) is 0 Å². The van der Waals surface area contributed by atoms with Crippen LogP contribution in [0.4, 0.5) is 0 Å². The third-order valence-corrected chi connectivity index (χ3v) is 2.67. The molecule has 0 aliphatic carbocycles. The molecular weight excluding hydrogens is 202 g/mol. The Bertz CT molecular complexity index is 566. The molecule has 0 spiro atoms. The van der Waals surface area contributed by atoms with Crippen molar-refractivity contribution in [3.63, 3.8) is 0 Å². The molecule has 0 aliphatic rings. The van der Waals surface area contributed by atoms with E-state index < -0.39 is 0 Å². The normalized spacial score (nSPS) is 10.6. The van der Waals surface area contributed by atoms with Crippen LogP contribution in [0, 0.1) is 0 Å². The number of nitrogens with zero attached hydrogens (tertiary/aromatic N) is 1. The number of carbonyl (C=O) groups is 2.